The molecule has 0 amide bonds. The number of ether oxygens (including phenoxy) is 1. The van der Waals surface area contributed by atoms with E-state index in [1.807, 2.05) is 13.8 Å². The Morgan fingerprint density at radius 2 is 2.14 bits per heavy atom. The van der Waals surface area contributed by atoms with Gasteiger partial charge in [0.25, 0.3) is 0 Å². The van der Waals surface area contributed by atoms with E-state index >= 15 is 0 Å². The molecular weight excluding hydrogens is 290 g/mol. The molecule has 0 radical (unpaired) electrons. The smallest absolute Gasteiger partial charge is 0.303 e. The van der Waals surface area contributed by atoms with Crippen molar-refractivity contribution in [1.29, 1.82) is 0 Å². The maximum atomic E-state index is 12.3. The highest BCUT2D eigenvalue weighted by Crippen LogP contribution is 2.49. The van der Waals surface area contributed by atoms with Crippen molar-refractivity contribution in [3.05, 3.63) is 23.0 Å². The molecule has 2 rings (SSSR count). The summed E-state index contributed by atoms with van der Waals surface area (Å²) >= 11 is 0. The van der Waals surface area contributed by atoms with Crippen molar-refractivity contribution >= 4 is 16.8 Å². The van der Waals surface area contributed by atoms with Gasteiger partial charge in [-0.05, 0) is 32.1 Å². The van der Waals surface area contributed by atoms with Crippen molar-refractivity contribution in [3.8, 4) is 5.75 Å². The average Bonchev–Trinajstić information content (AvgIpc) is 3.11. The molecule has 1 heterocycles. The maximum Gasteiger partial charge on any atom is 0.303 e. The number of aromatic nitrogens is 1. The van der Waals surface area contributed by atoms with Gasteiger partial charge in [0.05, 0.1) is 25.0 Å². The number of hydrogen-bond donors (Lipinski definition) is 1. The zero-order valence-corrected chi connectivity index (χ0v) is 13.5. The van der Waals surface area contributed by atoms with Crippen molar-refractivity contribution in [1.82, 2.24) is 4.98 Å². The Morgan fingerprint density at radius 1 is 1.48 bits per heavy atom. The van der Waals surface area contributed by atoms with E-state index in [1.54, 1.807) is 13.3 Å². The molecule has 1 fully saturated rings. The molecule has 1 saturated carbocycles. The highest BCUT2D eigenvalue weighted by Gasteiger charge is 2.45. The second-order valence-corrected chi connectivity index (χ2v) is 7.30. The Labute approximate surface area is 127 Å². The summed E-state index contributed by atoms with van der Waals surface area (Å²) in [7, 11) is 0.510. The predicted octanol–water partition coefficient (Wildman–Crippen LogP) is 2.21. The van der Waals surface area contributed by atoms with Crippen LogP contribution in [-0.4, -0.2) is 33.1 Å². The van der Waals surface area contributed by atoms with Crippen molar-refractivity contribution < 1.29 is 18.8 Å². The molecule has 1 aliphatic carbocycles. The van der Waals surface area contributed by atoms with E-state index in [4.69, 9.17) is 9.84 Å². The van der Waals surface area contributed by atoms with E-state index in [9.17, 15) is 9.00 Å². The second kappa shape index (κ2) is 6.13. The standard InChI is InChI=1S/C15H21NO4S/c1-10-7-16-12(11(2)14(10)20-3)8-21(19)9-15(4-5-15)6-13(17)18/h7H,4-6,8-9H2,1-3H3,(H,17,18). The first kappa shape index (κ1) is 15.9. The fourth-order valence-electron chi connectivity index (χ4n) is 2.63. The highest BCUT2D eigenvalue weighted by molar-refractivity contribution is 7.84. The fourth-order valence-corrected chi connectivity index (χ4v) is 4.40. The van der Waals surface area contributed by atoms with E-state index in [2.05, 4.69) is 4.98 Å². The van der Waals surface area contributed by atoms with Gasteiger partial charge in [-0.25, -0.2) is 0 Å². The van der Waals surface area contributed by atoms with Crippen LogP contribution in [0.1, 0.15) is 36.1 Å². The Hall–Kier alpha value is -1.43. The monoisotopic (exact) mass is 311 g/mol. The van der Waals surface area contributed by atoms with Gasteiger partial charge in [-0.3, -0.25) is 14.0 Å². The second-order valence-electron chi connectivity index (χ2n) is 5.85. The molecule has 5 nitrogen and oxygen atoms in total. The van der Waals surface area contributed by atoms with E-state index < -0.39 is 16.8 Å². The number of carboxylic acids is 1. The van der Waals surface area contributed by atoms with Gasteiger partial charge in [-0.1, -0.05) is 0 Å². The molecule has 6 heteroatoms. The highest BCUT2D eigenvalue weighted by atomic mass is 32.2. The lowest BCUT2D eigenvalue weighted by atomic mass is 10.1. The zero-order valence-electron chi connectivity index (χ0n) is 12.6. The summed E-state index contributed by atoms with van der Waals surface area (Å²) in [6.45, 7) is 3.83. The quantitative estimate of drug-likeness (QED) is 0.835. The van der Waals surface area contributed by atoms with Crippen molar-refractivity contribution in [2.45, 2.75) is 38.9 Å². The molecule has 0 saturated heterocycles. The zero-order chi connectivity index (χ0) is 15.6. The van der Waals surface area contributed by atoms with Crippen LogP contribution in [-0.2, 0) is 21.3 Å². The Kier molecular flexibility index (Phi) is 4.66. The average molecular weight is 311 g/mol. The summed E-state index contributed by atoms with van der Waals surface area (Å²) in [6.07, 6.45) is 3.55. The molecule has 0 aromatic carbocycles. The lowest BCUT2D eigenvalue weighted by Gasteiger charge is -2.14. The normalized spacial score (nSPS) is 17.3. The van der Waals surface area contributed by atoms with Crippen LogP contribution in [0.4, 0.5) is 0 Å². The van der Waals surface area contributed by atoms with Crippen LogP contribution in [0.2, 0.25) is 0 Å². The minimum Gasteiger partial charge on any atom is -0.496 e. The largest absolute Gasteiger partial charge is 0.496 e. The number of nitrogens with zero attached hydrogens (tertiary/aromatic N) is 1. The molecule has 1 aromatic heterocycles. The summed E-state index contributed by atoms with van der Waals surface area (Å²) in [5.74, 6) is 0.764. The SMILES string of the molecule is COc1c(C)cnc(CS(=O)CC2(CC(=O)O)CC2)c1C. The van der Waals surface area contributed by atoms with Gasteiger partial charge < -0.3 is 9.84 Å². The van der Waals surface area contributed by atoms with Gasteiger partial charge in [0.15, 0.2) is 0 Å². The van der Waals surface area contributed by atoms with E-state index in [1.165, 1.54) is 0 Å². The van der Waals surface area contributed by atoms with Crippen LogP contribution in [0.25, 0.3) is 0 Å². The van der Waals surface area contributed by atoms with Gasteiger partial charge >= 0.3 is 5.97 Å². The number of rotatable bonds is 7. The van der Waals surface area contributed by atoms with Gasteiger partial charge in [0.2, 0.25) is 0 Å². The van der Waals surface area contributed by atoms with E-state index in [0.29, 0.717) is 11.5 Å². The van der Waals surface area contributed by atoms with Gasteiger partial charge in [0.1, 0.15) is 5.75 Å². The Morgan fingerprint density at radius 3 is 2.67 bits per heavy atom. The van der Waals surface area contributed by atoms with Crippen LogP contribution < -0.4 is 4.74 Å². The number of pyridine rings is 1. The predicted molar refractivity (Wildman–Crippen MR) is 80.9 cm³/mol. The number of aliphatic carboxylic acids is 1. The molecule has 116 valence electrons. The minimum absolute atomic E-state index is 0.113. The van der Waals surface area contributed by atoms with E-state index in [0.717, 1.165) is 35.4 Å². The molecule has 1 aromatic rings. The molecule has 1 atom stereocenters. The summed E-state index contributed by atoms with van der Waals surface area (Å²) < 4.78 is 17.7. The Bertz CT molecular complexity index is 581. The first-order valence-corrected chi connectivity index (χ1v) is 8.41. The third-order valence-electron chi connectivity index (χ3n) is 4.00. The summed E-state index contributed by atoms with van der Waals surface area (Å²) in [5, 5.41) is 8.91. The number of hydrogen-bond acceptors (Lipinski definition) is 4. The molecule has 1 N–H and O–H groups in total. The number of methoxy groups -OCH3 is 1. The number of carbonyl (C=O) groups is 1. The van der Waals surface area contributed by atoms with Crippen molar-refractivity contribution in [2.75, 3.05) is 12.9 Å². The molecule has 0 aliphatic heterocycles. The number of carboxylic acid groups (broad SMARTS) is 1. The summed E-state index contributed by atoms with van der Waals surface area (Å²) in [4.78, 5) is 15.2. The van der Waals surface area contributed by atoms with Crippen LogP contribution in [0.15, 0.2) is 6.20 Å². The summed E-state index contributed by atoms with van der Waals surface area (Å²) in [5.41, 5.74) is 2.38. The lowest BCUT2D eigenvalue weighted by Crippen LogP contribution is -2.18. The third-order valence-corrected chi connectivity index (χ3v) is 5.53. The molecule has 1 aliphatic rings. The van der Waals surface area contributed by atoms with Crippen molar-refractivity contribution in [3.63, 3.8) is 0 Å². The first-order valence-electron chi connectivity index (χ1n) is 6.93. The maximum absolute atomic E-state index is 12.3. The fraction of sp³-hybridized carbons (Fsp3) is 0.600. The molecule has 1 unspecified atom stereocenters. The van der Waals surface area contributed by atoms with Crippen LogP contribution >= 0.6 is 0 Å². The summed E-state index contributed by atoms with van der Waals surface area (Å²) in [6, 6.07) is 0. The molecule has 21 heavy (non-hydrogen) atoms. The van der Waals surface area contributed by atoms with E-state index in [-0.39, 0.29) is 11.8 Å². The van der Waals surface area contributed by atoms with Crippen molar-refractivity contribution in [2.24, 2.45) is 5.41 Å². The Balaban J connectivity index is 2.05. The lowest BCUT2D eigenvalue weighted by molar-refractivity contribution is -0.138. The van der Waals surface area contributed by atoms with Crippen LogP contribution in [0.5, 0.6) is 5.75 Å². The first-order chi connectivity index (χ1) is 9.87. The third kappa shape index (κ3) is 3.81. The van der Waals surface area contributed by atoms with Crippen LogP contribution in [0.3, 0.4) is 0 Å². The van der Waals surface area contributed by atoms with Gasteiger partial charge in [0, 0.05) is 33.9 Å². The molecule has 0 spiro atoms. The minimum atomic E-state index is -1.10. The molecule has 0 bridgehead atoms. The van der Waals surface area contributed by atoms with Gasteiger partial charge in [-0.2, -0.15) is 0 Å². The molecular formula is C15H21NO4S. The number of aryl methyl sites for hydroxylation is 1. The van der Waals surface area contributed by atoms with Gasteiger partial charge in [-0.15, -0.1) is 0 Å². The van der Waals surface area contributed by atoms with Crippen LogP contribution in [0, 0.1) is 19.3 Å². The topological polar surface area (TPSA) is 76.5 Å².